The van der Waals surface area contributed by atoms with Crippen molar-refractivity contribution in [3.05, 3.63) is 6.92 Å². The minimum atomic E-state index is -0.995. The number of aliphatic carboxylic acids is 1. The molecule has 3 heteroatoms. The van der Waals surface area contributed by atoms with Crippen molar-refractivity contribution in [2.75, 3.05) is 0 Å². The Bertz CT molecular complexity index is 62.6. The van der Waals surface area contributed by atoms with Gasteiger partial charge in [-0.2, -0.15) is 6.42 Å². The van der Waals surface area contributed by atoms with Gasteiger partial charge in [0.25, 0.3) is 0 Å². The maximum Gasteiger partial charge on any atom is 2.00 e. The largest absolute Gasteiger partial charge is 2.00 e. The minimum absolute atomic E-state index is 0. The van der Waals surface area contributed by atoms with Crippen LogP contribution in [0.2, 0.25) is 0 Å². The fraction of sp³-hybridized carbons (Fsp3) is 0.714. The number of rotatable bonds is 2. The summed E-state index contributed by atoms with van der Waals surface area (Å²) >= 11 is 0. The van der Waals surface area contributed by atoms with E-state index in [9.17, 15) is 9.90 Å². The molecular formula is C7H14FeO2. The van der Waals surface area contributed by atoms with Crippen LogP contribution in [-0.2, 0) is 21.9 Å². The van der Waals surface area contributed by atoms with Crippen LogP contribution in [0, 0.1) is 6.92 Å². The Labute approximate surface area is 73.5 Å². The van der Waals surface area contributed by atoms with Crippen LogP contribution < -0.4 is 5.11 Å². The second kappa shape index (κ2) is 16.0. The first-order valence-electron chi connectivity index (χ1n) is 3.18. The summed E-state index contributed by atoms with van der Waals surface area (Å²) < 4.78 is 0. The Balaban J connectivity index is -0.0000000910. The van der Waals surface area contributed by atoms with Crippen LogP contribution >= 0.6 is 0 Å². The molecule has 10 heavy (non-hydrogen) atoms. The molecule has 0 saturated carbocycles. The fourth-order valence-electron chi connectivity index (χ4n) is 0. The van der Waals surface area contributed by atoms with Gasteiger partial charge in [-0.3, -0.25) is 0 Å². The molecule has 0 rings (SSSR count). The molecule has 0 N–H and O–H groups in total. The molecule has 0 unspecified atom stereocenters. The van der Waals surface area contributed by atoms with Gasteiger partial charge in [-0.25, -0.2) is 0 Å². The van der Waals surface area contributed by atoms with E-state index in [1.165, 1.54) is 13.3 Å². The van der Waals surface area contributed by atoms with Crippen LogP contribution in [0.3, 0.4) is 0 Å². The van der Waals surface area contributed by atoms with Gasteiger partial charge in [-0.1, -0.05) is 20.3 Å². The van der Waals surface area contributed by atoms with Crippen LogP contribution in [0.15, 0.2) is 0 Å². The summed E-state index contributed by atoms with van der Waals surface area (Å²) in [5.41, 5.74) is 0. The van der Waals surface area contributed by atoms with E-state index in [-0.39, 0.29) is 23.5 Å². The first kappa shape index (κ1) is 16.5. The van der Waals surface area contributed by atoms with Crippen molar-refractivity contribution >= 4 is 5.97 Å². The third-order valence-electron chi connectivity index (χ3n) is 0.642. The van der Waals surface area contributed by atoms with Gasteiger partial charge in [0, 0.05) is 5.97 Å². The Morgan fingerprint density at radius 2 is 1.70 bits per heavy atom. The molecule has 0 bridgehead atoms. The predicted octanol–water partition coefficient (Wildman–Crippen LogP) is 0.764. The summed E-state index contributed by atoms with van der Waals surface area (Å²) in [5.74, 6) is -0.995. The SMILES string of the molecule is CCC(=O)[O-].[CH2-]CCC.[Fe+2]. The minimum Gasteiger partial charge on any atom is -0.550 e. The molecule has 0 radical (unpaired) electrons. The van der Waals surface area contributed by atoms with Crippen molar-refractivity contribution in [1.82, 2.24) is 0 Å². The van der Waals surface area contributed by atoms with E-state index in [0.717, 1.165) is 6.42 Å². The molecule has 0 atom stereocenters. The maximum atomic E-state index is 9.26. The van der Waals surface area contributed by atoms with Crippen molar-refractivity contribution in [2.45, 2.75) is 33.1 Å². The molecule has 0 aromatic rings. The topological polar surface area (TPSA) is 40.1 Å². The number of carbonyl (C=O) groups is 1. The summed E-state index contributed by atoms with van der Waals surface area (Å²) in [7, 11) is 0. The van der Waals surface area contributed by atoms with Crippen LogP contribution in [0.1, 0.15) is 33.1 Å². The number of hydrogen-bond donors (Lipinski definition) is 0. The number of unbranched alkanes of at least 4 members (excludes halogenated alkanes) is 1. The average molecular weight is 186 g/mol. The molecule has 0 heterocycles. The van der Waals surface area contributed by atoms with Gasteiger partial charge in [0.05, 0.1) is 0 Å². The number of carbonyl (C=O) groups excluding carboxylic acids is 1. The fourth-order valence-corrected chi connectivity index (χ4v) is 0. The summed E-state index contributed by atoms with van der Waals surface area (Å²) in [5, 5.41) is 9.26. The monoisotopic (exact) mass is 186 g/mol. The molecule has 0 spiro atoms. The van der Waals surface area contributed by atoms with Gasteiger partial charge < -0.3 is 16.8 Å². The molecule has 0 saturated heterocycles. The number of carboxylic acid groups (broad SMARTS) is 1. The second-order valence-corrected chi connectivity index (χ2v) is 1.58. The molecule has 0 aromatic heterocycles. The second-order valence-electron chi connectivity index (χ2n) is 1.58. The molecular weight excluding hydrogens is 172 g/mol. The molecule has 2 nitrogen and oxygen atoms in total. The van der Waals surface area contributed by atoms with Crippen LogP contribution in [-0.4, -0.2) is 5.97 Å². The van der Waals surface area contributed by atoms with E-state index in [4.69, 9.17) is 0 Å². The molecule has 0 amide bonds. The van der Waals surface area contributed by atoms with Gasteiger partial charge >= 0.3 is 17.1 Å². The molecule has 0 aliphatic heterocycles. The van der Waals surface area contributed by atoms with Crippen molar-refractivity contribution in [3.63, 3.8) is 0 Å². The van der Waals surface area contributed by atoms with Gasteiger partial charge in [0.1, 0.15) is 0 Å². The Kier molecular flexibility index (Phi) is 26.4. The standard InChI is InChI=1S/C4H9.C3H6O2.Fe/c1-3-4-2;1-2-3(4)5;/h1,3-4H2,2H3;2H2,1H3,(H,4,5);/q-1;;+2/p-1. The van der Waals surface area contributed by atoms with Gasteiger partial charge in [0.15, 0.2) is 0 Å². The first-order chi connectivity index (χ1) is 4.18. The normalized spacial score (nSPS) is 6.70. The summed E-state index contributed by atoms with van der Waals surface area (Å²) in [6.45, 7) is 7.26. The van der Waals surface area contributed by atoms with E-state index in [1.807, 2.05) is 0 Å². The van der Waals surface area contributed by atoms with Crippen molar-refractivity contribution < 1.29 is 27.0 Å². The Morgan fingerprint density at radius 3 is 1.70 bits per heavy atom. The molecule has 0 aliphatic carbocycles. The van der Waals surface area contributed by atoms with E-state index < -0.39 is 5.97 Å². The molecule has 0 aliphatic rings. The maximum absolute atomic E-state index is 9.26. The predicted molar refractivity (Wildman–Crippen MR) is 35.6 cm³/mol. The van der Waals surface area contributed by atoms with E-state index >= 15 is 0 Å². The van der Waals surface area contributed by atoms with Gasteiger partial charge in [-0.15, -0.1) is 0 Å². The third kappa shape index (κ3) is 43.7. The van der Waals surface area contributed by atoms with Crippen molar-refractivity contribution in [1.29, 1.82) is 0 Å². The molecule has 0 aromatic carbocycles. The Hall–Kier alpha value is -0.0105. The zero-order valence-electron chi connectivity index (χ0n) is 6.50. The van der Waals surface area contributed by atoms with Crippen molar-refractivity contribution in [2.24, 2.45) is 0 Å². The number of carboxylic acids is 1. The Morgan fingerprint density at radius 1 is 1.50 bits per heavy atom. The van der Waals surface area contributed by atoms with E-state index in [1.54, 1.807) is 0 Å². The summed E-state index contributed by atoms with van der Waals surface area (Å²) in [6, 6.07) is 0. The quantitative estimate of drug-likeness (QED) is 0.471. The number of hydrogen-bond acceptors (Lipinski definition) is 2. The summed E-state index contributed by atoms with van der Waals surface area (Å²) in [4.78, 5) is 9.26. The zero-order valence-corrected chi connectivity index (χ0v) is 7.60. The average Bonchev–Trinajstić information content (AvgIpc) is 1.89. The molecule has 62 valence electrons. The van der Waals surface area contributed by atoms with Crippen LogP contribution in [0.25, 0.3) is 0 Å². The van der Waals surface area contributed by atoms with Gasteiger partial charge in [0.2, 0.25) is 0 Å². The summed E-state index contributed by atoms with van der Waals surface area (Å²) in [6.07, 6.45) is 2.39. The van der Waals surface area contributed by atoms with Crippen molar-refractivity contribution in [3.8, 4) is 0 Å². The van der Waals surface area contributed by atoms with Crippen LogP contribution in [0.4, 0.5) is 0 Å². The molecule has 0 fully saturated rings. The smallest absolute Gasteiger partial charge is 0.550 e. The van der Waals surface area contributed by atoms with Gasteiger partial charge in [-0.05, 0) is 6.42 Å². The van der Waals surface area contributed by atoms with E-state index in [2.05, 4.69) is 13.8 Å². The zero-order chi connectivity index (χ0) is 7.70. The first-order valence-corrected chi connectivity index (χ1v) is 3.18. The van der Waals surface area contributed by atoms with E-state index in [0.29, 0.717) is 0 Å². The third-order valence-corrected chi connectivity index (χ3v) is 0.642. The van der Waals surface area contributed by atoms with Crippen LogP contribution in [0.5, 0.6) is 0 Å².